The fraction of sp³-hybridized carbons (Fsp3) is 0.312. The molecule has 0 unspecified atom stereocenters. The Balaban J connectivity index is 2.70. The zero-order chi connectivity index (χ0) is 14.9. The molecule has 106 valence electrons. The topological polar surface area (TPSA) is 52.3 Å². The number of hydrogen-bond donors (Lipinski definition) is 1. The molecular formula is C16H19NO2S. The van der Waals surface area contributed by atoms with Crippen molar-refractivity contribution in [3.8, 4) is 10.4 Å². The molecule has 4 heteroatoms. The highest BCUT2D eigenvalue weighted by Gasteiger charge is 2.24. The first-order valence-corrected chi connectivity index (χ1v) is 7.35. The fourth-order valence-electron chi connectivity index (χ4n) is 2.30. The maximum atomic E-state index is 11.8. The standard InChI is InChI=1S/C16H19NO2S/c1-9(2)12-13(17)15(16(18)19-4)20-14(12)11-8-6-5-7-10(11)3/h5-9H,17H2,1-4H3. The van der Waals surface area contributed by atoms with Crippen molar-refractivity contribution < 1.29 is 9.53 Å². The highest BCUT2D eigenvalue weighted by atomic mass is 32.1. The number of ether oxygens (including phenoxy) is 1. The smallest absolute Gasteiger partial charge is 0.350 e. The molecule has 0 bridgehead atoms. The number of rotatable bonds is 3. The Hall–Kier alpha value is -1.81. The van der Waals surface area contributed by atoms with Gasteiger partial charge in [0.05, 0.1) is 12.8 Å². The second-order valence-electron chi connectivity index (χ2n) is 5.05. The molecule has 0 saturated carbocycles. The zero-order valence-corrected chi connectivity index (χ0v) is 13.0. The third kappa shape index (κ3) is 2.43. The van der Waals surface area contributed by atoms with Gasteiger partial charge >= 0.3 is 5.97 Å². The average Bonchev–Trinajstić information content (AvgIpc) is 2.76. The van der Waals surface area contributed by atoms with Crippen LogP contribution in [-0.4, -0.2) is 13.1 Å². The third-order valence-electron chi connectivity index (χ3n) is 3.32. The van der Waals surface area contributed by atoms with Crippen molar-refractivity contribution in [1.82, 2.24) is 0 Å². The summed E-state index contributed by atoms with van der Waals surface area (Å²) in [5.74, 6) is -0.117. The Morgan fingerprint density at radius 2 is 1.95 bits per heavy atom. The van der Waals surface area contributed by atoms with E-state index in [0.29, 0.717) is 10.6 Å². The number of hydrogen-bond acceptors (Lipinski definition) is 4. The van der Waals surface area contributed by atoms with Crippen LogP contribution < -0.4 is 5.73 Å². The summed E-state index contributed by atoms with van der Waals surface area (Å²) in [4.78, 5) is 13.4. The molecule has 1 aromatic heterocycles. The van der Waals surface area contributed by atoms with Gasteiger partial charge in [-0.1, -0.05) is 38.1 Å². The van der Waals surface area contributed by atoms with E-state index < -0.39 is 0 Å². The molecule has 0 fully saturated rings. The third-order valence-corrected chi connectivity index (χ3v) is 4.56. The van der Waals surface area contributed by atoms with Gasteiger partial charge in [0, 0.05) is 4.88 Å². The van der Waals surface area contributed by atoms with Crippen LogP contribution in [-0.2, 0) is 4.74 Å². The van der Waals surface area contributed by atoms with Crippen molar-refractivity contribution in [3.63, 3.8) is 0 Å². The molecule has 2 N–H and O–H groups in total. The second-order valence-corrected chi connectivity index (χ2v) is 6.07. The van der Waals surface area contributed by atoms with Crippen LogP contribution >= 0.6 is 11.3 Å². The summed E-state index contributed by atoms with van der Waals surface area (Å²) in [7, 11) is 1.38. The molecule has 0 amide bonds. The quantitative estimate of drug-likeness (QED) is 0.861. The Morgan fingerprint density at radius 3 is 2.50 bits per heavy atom. The molecule has 0 aliphatic carbocycles. The summed E-state index contributed by atoms with van der Waals surface area (Å²) >= 11 is 1.41. The minimum Gasteiger partial charge on any atom is -0.465 e. The summed E-state index contributed by atoms with van der Waals surface area (Å²) in [5.41, 5.74) is 10.1. The van der Waals surface area contributed by atoms with E-state index in [4.69, 9.17) is 10.5 Å². The summed E-state index contributed by atoms with van der Waals surface area (Å²) in [6.07, 6.45) is 0. The maximum Gasteiger partial charge on any atom is 0.350 e. The van der Waals surface area contributed by atoms with Crippen molar-refractivity contribution in [2.24, 2.45) is 0 Å². The van der Waals surface area contributed by atoms with Crippen LogP contribution in [0.2, 0.25) is 0 Å². The zero-order valence-electron chi connectivity index (χ0n) is 12.2. The number of carbonyl (C=O) groups excluding carboxylic acids is 1. The highest BCUT2D eigenvalue weighted by molar-refractivity contribution is 7.18. The number of nitrogens with two attached hydrogens (primary N) is 1. The monoisotopic (exact) mass is 289 g/mol. The van der Waals surface area contributed by atoms with Gasteiger partial charge in [0.25, 0.3) is 0 Å². The SMILES string of the molecule is COC(=O)c1sc(-c2ccccc2C)c(C(C)C)c1N. The van der Waals surface area contributed by atoms with Crippen molar-refractivity contribution in [3.05, 3.63) is 40.3 Å². The lowest BCUT2D eigenvalue weighted by atomic mass is 9.96. The molecular weight excluding hydrogens is 270 g/mol. The molecule has 2 rings (SSSR count). The van der Waals surface area contributed by atoms with Gasteiger partial charge in [-0.2, -0.15) is 0 Å². The van der Waals surface area contributed by atoms with Crippen LogP contribution in [0.5, 0.6) is 0 Å². The van der Waals surface area contributed by atoms with Gasteiger partial charge in [-0.25, -0.2) is 4.79 Å². The normalized spacial score (nSPS) is 10.8. The van der Waals surface area contributed by atoms with Crippen LogP contribution in [0.15, 0.2) is 24.3 Å². The van der Waals surface area contributed by atoms with Gasteiger partial charge in [0.2, 0.25) is 0 Å². The summed E-state index contributed by atoms with van der Waals surface area (Å²) in [6.45, 7) is 6.23. The van der Waals surface area contributed by atoms with Gasteiger partial charge in [-0.3, -0.25) is 0 Å². The van der Waals surface area contributed by atoms with Crippen LogP contribution in [0.1, 0.15) is 40.6 Å². The molecule has 20 heavy (non-hydrogen) atoms. The van der Waals surface area contributed by atoms with Gasteiger partial charge in [-0.15, -0.1) is 11.3 Å². The lowest BCUT2D eigenvalue weighted by molar-refractivity contribution is 0.0607. The van der Waals surface area contributed by atoms with E-state index in [1.54, 1.807) is 0 Å². The molecule has 1 aromatic carbocycles. The number of methoxy groups -OCH3 is 1. The highest BCUT2D eigenvalue weighted by Crippen LogP contribution is 2.43. The van der Waals surface area contributed by atoms with E-state index in [-0.39, 0.29) is 11.9 Å². The Morgan fingerprint density at radius 1 is 1.30 bits per heavy atom. The predicted molar refractivity (Wildman–Crippen MR) is 84.3 cm³/mol. The van der Waals surface area contributed by atoms with E-state index >= 15 is 0 Å². The Kier molecular flexibility index (Phi) is 4.14. The van der Waals surface area contributed by atoms with Crippen LogP contribution in [0, 0.1) is 6.92 Å². The Bertz CT molecular complexity index is 644. The molecule has 1 heterocycles. The van der Waals surface area contributed by atoms with Crippen LogP contribution in [0.25, 0.3) is 10.4 Å². The maximum absolute atomic E-state index is 11.8. The second kappa shape index (κ2) is 5.67. The number of benzene rings is 1. The number of anilines is 1. The molecule has 3 nitrogen and oxygen atoms in total. The largest absolute Gasteiger partial charge is 0.465 e. The number of nitrogen functional groups attached to an aromatic ring is 1. The van der Waals surface area contributed by atoms with Crippen molar-refractivity contribution in [2.75, 3.05) is 12.8 Å². The van der Waals surface area contributed by atoms with E-state index in [1.165, 1.54) is 24.0 Å². The molecule has 0 saturated heterocycles. The number of esters is 1. The first kappa shape index (κ1) is 14.6. The molecule has 0 radical (unpaired) electrons. The van der Waals surface area contributed by atoms with Gasteiger partial charge < -0.3 is 10.5 Å². The van der Waals surface area contributed by atoms with Crippen molar-refractivity contribution in [2.45, 2.75) is 26.7 Å². The number of carbonyl (C=O) groups is 1. The first-order valence-electron chi connectivity index (χ1n) is 6.53. The molecule has 0 spiro atoms. The molecule has 2 aromatic rings. The van der Waals surface area contributed by atoms with Crippen molar-refractivity contribution in [1.29, 1.82) is 0 Å². The number of aryl methyl sites for hydroxylation is 1. The van der Waals surface area contributed by atoms with E-state index in [1.807, 2.05) is 12.1 Å². The van der Waals surface area contributed by atoms with Crippen LogP contribution in [0.3, 0.4) is 0 Å². The molecule has 0 aliphatic heterocycles. The number of thiophene rings is 1. The Labute approximate surface area is 123 Å². The lowest BCUT2D eigenvalue weighted by Gasteiger charge is -2.10. The van der Waals surface area contributed by atoms with E-state index in [9.17, 15) is 4.79 Å². The first-order chi connectivity index (χ1) is 9.47. The van der Waals surface area contributed by atoms with E-state index in [2.05, 4.69) is 32.9 Å². The average molecular weight is 289 g/mol. The van der Waals surface area contributed by atoms with Gasteiger partial charge in [0.1, 0.15) is 4.88 Å². The van der Waals surface area contributed by atoms with Gasteiger partial charge in [-0.05, 0) is 29.5 Å². The molecule has 0 aliphatic rings. The minimum atomic E-state index is -0.366. The summed E-state index contributed by atoms with van der Waals surface area (Å²) < 4.78 is 4.82. The van der Waals surface area contributed by atoms with Gasteiger partial charge in [0.15, 0.2) is 0 Å². The van der Waals surface area contributed by atoms with Crippen molar-refractivity contribution >= 4 is 23.0 Å². The minimum absolute atomic E-state index is 0.249. The summed E-state index contributed by atoms with van der Waals surface area (Å²) in [6, 6.07) is 8.13. The lowest BCUT2D eigenvalue weighted by Crippen LogP contribution is -2.03. The molecule has 0 atom stereocenters. The van der Waals surface area contributed by atoms with E-state index in [0.717, 1.165) is 16.0 Å². The summed E-state index contributed by atoms with van der Waals surface area (Å²) in [5, 5.41) is 0. The fourth-order valence-corrected chi connectivity index (χ4v) is 3.69. The van der Waals surface area contributed by atoms with Crippen LogP contribution in [0.4, 0.5) is 5.69 Å². The predicted octanol–water partition coefficient (Wildman–Crippen LogP) is 4.22.